The quantitative estimate of drug-likeness (QED) is 0.805. The second-order valence-corrected chi connectivity index (χ2v) is 6.32. The number of aryl methyl sites for hydroxylation is 2. The molecule has 0 aliphatic heterocycles. The highest BCUT2D eigenvalue weighted by Gasteiger charge is 2.30. The summed E-state index contributed by atoms with van der Waals surface area (Å²) in [6, 6.07) is 15.5. The lowest BCUT2D eigenvalue weighted by Crippen LogP contribution is -2.34. The maximum Gasteiger partial charge on any atom is 0.0410 e. The maximum absolute atomic E-state index is 5.99. The number of anilines is 1. The minimum atomic E-state index is 0.584. The molecule has 20 heavy (non-hydrogen) atoms. The molecule has 1 N–H and O–H groups in total. The molecule has 2 aromatic carbocycles. The smallest absolute Gasteiger partial charge is 0.0410 e. The van der Waals surface area contributed by atoms with Crippen LogP contribution in [-0.4, -0.2) is 6.04 Å². The van der Waals surface area contributed by atoms with E-state index in [-0.39, 0.29) is 0 Å². The van der Waals surface area contributed by atoms with Crippen LogP contribution in [0.2, 0.25) is 5.02 Å². The van der Waals surface area contributed by atoms with Crippen molar-refractivity contribution in [2.45, 2.75) is 38.6 Å². The number of hydrogen-bond donors (Lipinski definition) is 1. The lowest BCUT2D eigenvalue weighted by molar-refractivity contribution is 0.374. The summed E-state index contributed by atoms with van der Waals surface area (Å²) in [5.74, 6) is 0.708. The molecule has 0 aromatic heterocycles. The van der Waals surface area contributed by atoms with Crippen molar-refractivity contribution >= 4 is 17.3 Å². The lowest BCUT2D eigenvalue weighted by atomic mass is 9.75. The van der Waals surface area contributed by atoms with Crippen molar-refractivity contribution in [1.82, 2.24) is 0 Å². The predicted molar refractivity (Wildman–Crippen MR) is 86.8 cm³/mol. The summed E-state index contributed by atoms with van der Waals surface area (Å²) < 4.78 is 0. The fraction of sp³-hybridized carbons (Fsp3) is 0.333. The van der Waals surface area contributed by atoms with Crippen molar-refractivity contribution in [2.24, 2.45) is 0 Å². The molecule has 0 saturated heterocycles. The minimum absolute atomic E-state index is 0.584. The van der Waals surface area contributed by atoms with E-state index in [0.717, 1.165) is 5.02 Å². The molecule has 0 unspecified atom stereocenters. The zero-order valence-corrected chi connectivity index (χ0v) is 12.7. The Labute approximate surface area is 126 Å². The highest BCUT2D eigenvalue weighted by Crippen LogP contribution is 2.39. The van der Waals surface area contributed by atoms with Gasteiger partial charge in [0.1, 0.15) is 0 Å². The van der Waals surface area contributed by atoms with E-state index < -0.39 is 0 Å². The average molecular weight is 286 g/mol. The third-order valence-corrected chi connectivity index (χ3v) is 4.43. The zero-order chi connectivity index (χ0) is 14.1. The van der Waals surface area contributed by atoms with E-state index in [4.69, 9.17) is 11.6 Å². The van der Waals surface area contributed by atoms with Crippen LogP contribution in [0.5, 0.6) is 0 Å². The highest BCUT2D eigenvalue weighted by atomic mass is 35.5. The summed E-state index contributed by atoms with van der Waals surface area (Å²) in [6.07, 6.45) is 2.43. The van der Waals surface area contributed by atoms with E-state index in [9.17, 15) is 0 Å². The predicted octanol–water partition coefficient (Wildman–Crippen LogP) is 5.31. The number of rotatable bonds is 3. The van der Waals surface area contributed by atoms with Gasteiger partial charge in [0.2, 0.25) is 0 Å². The minimum Gasteiger partial charge on any atom is -0.382 e. The molecule has 1 aliphatic rings. The number of hydrogen-bond acceptors (Lipinski definition) is 1. The van der Waals surface area contributed by atoms with Crippen molar-refractivity contribution in [3.63, 3.8) is 0 Å². The van der Waals surface area contributed by atoms with Gasteiger partial charge in [-0.3, -0.25) is 0 Å². The molecule has 3 rings (SSSR count). The van der Waals surface area contributed by atoms with Gasteiger partial charge in [-0.05, 0) is 61.9 Å². The molecule has 1 fully saturated rings. The molecule has 0 radical (unpaired) electrons. The van der Waals surface area contributed by atoms with Crippen LogP contribution >= 0.6 is 11.6 Å². The first kappa shape index (κ1) is 13.5. The van der Waals surface area contributed by atoms with Gasteiger partial charge >= 0.3 is 0 Å². The maximum atomic E-state index is 5.99. The molecule has 1 nitrogen and oxygen atoms in total. The summed E-state index contributed by atoms with van der Waals surface area (Å²) in [5, 5.41) is 4.43. The van der Waals surface area contributed by atoms with E-state index in [2.05, 4.69) is 49.5 Å². The van der Waals surface area contributed by atoms with Gasteiger partial charge in [0.15, 0.2) is 0 Å². The van der Waals surface area contributed by atoms with Crippen molar-refractivity contribution in [2.75, 3.05) is 5.32 Å². The molecule has 2 aromatic rings. The molecular formula is C18H20ClN. The number of nitrogens with one attached hydrogen (secondary N) is 1. The van der Waals surface area contributed by atoms with Crippen LogP contribution in [0.3, 0.4) is 0 Å². The van der Waals surface area contributed by atoms with Crippen molar-refractivity contribution in [3.05, 3.63) is 64.2 Å². The number of halogens is 1. The molecule has 104 valence electrons. The first-order valence-electron chi connectivity index (χ1n) is 7.21. The molecule has 0 heterocycles. The second kappa shape index (κ2) is 5.49. The van der Waals surface area contributed by atoms with Crippen molar-refractivity contribution < 1.29 is 0 Å². The van der Waals surface area contributed by atoms with Crippen LogP contribution in [-0.2, 0) is 0 Å². The Morgan fingerprint density at radius 1 is 1.05 bits per heavy atom. The summed E-state index contributed by atoms with van der Waals surface area (Å²) in [4.78, 5) is 0. The van der Waals surface area contributed by atoms with E-state index in [1.165, 1.54) is 35.2 Å². The summed E-state index contributed by atoms with van der Waals surface area (Å²) in [7, 11) is 0. The van der Waals surface area contributed by atoms with Gasteiger partial charge in [-0.1, -0.05) is 41.4 Å². The largest absolute Gasteiger partial charge is 0.382 e. The van der Waals surface area contributed by atoms with Gasteiger partial charge in [0.05, 0.1) is 0 Å². The Balaban J connectivity index is 1.61. The standard InChI is InChI=1S/C18H20ClN/c1-12-4-3-5-14(8-12)15-10-17(11-15)20-18-7-6-16(19)9-13(18)2/h3-9,15,17,20H,10-11H2,1-2H3. The molecule has 0 amide bonds. The molecule has 1 aliphatic carbocycles. The van der Waals surface area contributed by atoms with Crippen LogP contribution in [0.4, 0.5) is 5.69 Å². The Kier molecular flexibility index (Phi) is 3.71. The van der Waals surface area contributed by atoms with Gasteiger partial charge < -0.3 is 5.32 Å². The fourth-order valence-electron chi connectivity index (χ4n) is 2.94. The van der Waals surface area contributed by atoms with Crippen LogP contribution in [0, 0.1) is 13.8 Å². The van der Waals surface area contributed by atoms with Crippen LogP contribution in [0.1, 0.15) is 35.4 Å². The van der Waals surface area contributed by atoms with Gasteiger partial charge in [-0.2, -0.15) is 0 Å². The van der Waals surface area contributed by atoms with Crippen LogP contribution in [0.25, 0.3) is 0 Å². The van der Waals surface area contributed by atoms with Crippen LogP contribution in [0.15, 0.2) is 42.5 Å². The van der Waals surface area contributed by atoms with Crippen LogP contribution < -0.4 is 5.32 Å². The highest BCUT2D eigenvalue weighted by molar-refractivity contribution is 6.30. The van der Waals surface area contributed by atoms with E-state index in [0.29, 0.717) is 12.0 Å². The molecule has 1 saturated carbocycles. The van der Waals surface area contributed by atoms with Crippen molar-refractivity contribution in [1.29, 1.82) is 0 Å². The molecular weight excluding hydrogens is 266 g/mol. The summed E-state index contributed by atoms with van der Waals surface area (Å²) in [5.41, 5.74) is 5.27. The summed E-state index contributed by atoms with van der Waals surface area (Å²) >= 11 is 5.99. The molecule has 0 atom stereocenters. The van der Waals surface area contributed by atoms with E-state index in [1.54, 1.807) is 0 Å². The third kappa shape index (κ3) is 2.83. The third-order valence-electron chi connectivity index (χ3n) is 4.20. The first-order chi connectivity index (χ1) is 9.61. The number of benzene rings is 2. The fourth-order valence-corrected chi connectivity index (χ4v) is 3.17. The summed E-state index contributed by atoms with van der Waals surface area (Å²) in [6.45, 7) is 4.26. The zero-order valence-electron chi connectivity index (χ0n) is 12.0. The molecule has 0 spiro atoms. The van der Waals surface area contributed by atoms with Gasteiger partial charge in [0, 0.05) is 16.8 Å². The Morgan fingerprint density at radius 3 is 2.55 bits per heavy atom. The second-order valence-electron chi connectivity index (χ2n) is 5.88. The van der Waals surface area contributed by atoms with E-state index >= 15 is 0 Å². The van der Waals surface area contributed by atoms with Gasteiger partial charge in [0.25, 0.3) is 0 Å². The van der Waals surface area contributed by atoms with Gasteiger partial charge in [-0.25, -0.2) is 0 Å². The monoisotopic (exact) mass is 285 g/mol. The average Bonchev–Trinajstić information content (AvgIpc) is 2.35. The Morgan fingerprint density at radius 2 is 1.85 bits per heavy atom. The normalized spacial score (nSPS) is 21.4. The molecule has 0 bridgehead atoms. The Bertz CT molecular complexity index is 615. The van der Waals surface area contributed by atoms with Crippen molar-refractivity contribution in [3.8, 4) is 0 Å². The van der Waals surface area contributed by atoms with Gasteiger partial charge in [-0.15, -0.1) is 0 Å². The molecule has 2 heteroatoms. The van der Waals surface area contributed by atoms with E-state index in [1.807, 2.05) is 12.1 Å². The topological polar surface area (TPSA) is 12.0 Å². The lowest BCUT2D eigenvalue weighted by Gasteiger charge is -2.37. The first-order valence-corrected chi connectivity index (χ1v) is 7.59. The SMILES string of the molecule is Cc1cccc(C2CC(Nc3ccc(Cl)cc3C)C2)c1. The Hall–Kier alpha value is -1.47.